The summed E-state index contributed by atoms with van der Waals surface area (Å²) in [6.45, 7) is 0. The molecule has 0 unspecified atom stereocenters. The van der Waals surface area contributed by atoms with Gasteiger partial charge in [-0.25, -0.2) is 9.78 Å². The zero-order valence-corrected chi connectivity index (χ0v) is 13.8. The highest BCUT2D eigenvalue weighted by molar-refractivity contribution is 7.25. The average Bonchev–Trinajstić information content (AvgIpc) is 2.86. The Hall–Kier alpha value is -2.22. The molecule has 9 heteroatoms. The molecule has 23 heavy (non-hydrogen) atoms. The van der Waals surface area contributed by atoms with E-state index in [1.807, 2.05) is 24.3 Å². The number of aromatic nitrogens is 4. The summed E-state index contributed by atoms with van der Waals surface area (Å²) in [5, 5.41) is 0. The summed E-state index contributed by atoms with van der Waals surface area (Å²) in [6, 6.07) is 7.51. The van der Waals surface area contributed by atoms with Crippen LogP contribution in [0.4, 0.5) is 0 Å². The van der Waals surface area contributed by atoms with Gasteiger partial charge in [0.2, 0.25) is 0 Å². The Morgan fingerprint density at radius 1 is 1.04 bits per heavy atom. The van der Waals surface area contributed by atoms with E-state index in [9.17, 15) is 9.59 Å². The van der Waals surface area contributed by atoms with Crippen molar-refractivity contribution in [2.45, 2.75) is 0 Å². The van der Waals surface area contributed by atoms with E-state index in [1.165, 1.54) is 11.3 Å². The fourth-order valence-electron chi connectivity index (χ4n) is 2.23. The molecule has 0 aromatic carbocycles. The number of hydrogen-bond donors (Lipinski definition) is 2. The number of nitrogens with one attached hydrogen (secondary N) is 2. The predicted molar refractivity (Wildman–Crippen MR) is 96.1 cm³/mol. The first kappa shape index (κ1) is 17.1. The predicted octanol–water partition coefficient (Wildman–Crippen LogP) is 2.73. The van der Waals surface area contributed by atoms with Crippen LogP contribution in [0.1, 0.15) is 0 Å². The zero-order valence-electron chi connectivity index (χ0n) is 11.4. The van der Waals surface area contributed by atoms with Crippen molar-refractivity contribution in [3.63, 3.8) is 0 Å². The smallest absolute Gasteiger partial charge is 0.304 e. The maximum Gasteiger partial charge on any atom is 0.326 e. The fraction of sp³-hybridized carbons (Fsp3) is 0. The van der Waals surface area contributed by atoms with Crippen LogP contribution in [0.25, 0.3) is 31.7 Å². The number of fused-ring (bicyclic) bond motifs is 3. The van der Waals surface area contributed by atoms with Crippen molar-refractivity contribution in [3.8, 4) is 11.3 Å². The lowest BCUT2D eigenvalue weighted by Crippen LogP contribution is -2.20. The van der Waals surface area contributed by atoms with Crippen LogP contribution >= 0.6 is 36.2 Å². The van der Waals surface area contributed by atoms with E-state index in [2.05, 4.69) is 19.9 Å². The minimum atomic E-state index is -0.527. The molecule has 0 radical (unpaired) electrons. The molecule has 4 aromatic heterocycles. The van der Waals surface area contributed by atoms with Gasteiger partial charge in [0.1, 0.15) is 10.2 Å². The number of aromatic amines is 2. The highest BCUT2D eigenvalue weighted by atomic mass is 35.5. The van der Waals surface area contributed by atoms with Crippen LogP contribution in [0.15, 0.2) is 46.2 Å². The summed E-state index contributed by atoms with van der Waals surface area (Å²) in [6.07, 6.45) is 3.41. The summed E-state index contributed by atoms with van der Waals surface area (Å²) in [5.41, 5.74) is 1.82. The monoisotopic (exact) mass is 368 g/mol. The van der Waals surface area contributed by atoms with E-state index in [1.54, 1.807) is 12.4 Å². The first-order valence-electron chi connectivity index (χ1n) is 6.18. The normalized spacial score (nSPS) is 10.3. The van der Waals surface area contributed by atoms with E-state index in [0.717, 1.165) is 16.0 Å². The number of hydrogen-bond acceptors (Lipinski definition) is 5. The molecule has 0 amide bonds. The Kier molecular flexibility index (Phi) is 4.84. The molecule has 6 nitrogen and oxygen atoms in total. The molecule has 0 fully saturated rings. The Bertz CT molecular complexity index is 1090. The Balaban J connectivity index is 0.000000960. The van der Waals surface area contributed by atoms with E-state index < -0.39 is 5.69 Å². The molecule has 0 aliphatic rings. The third kappa shape index (κ3) is 2.86. The second-order valence-electron chi connectivity index (χ2n) is 4.50. The van der Waals surface area contributed by atoms with Gasteiger partial charge in [-0.1, -0.05) is 0 Å². The van der Waals surface area contributed by atoms with Gasteiger partial charge in [0.25, 0.3) is 5.56 Å². The van der Waals surface area contributed by atoms with Crippen LogP contribution in [0, 0.1) is 0 Å². The van der Waals surface area contributed by atoms with E-state index in [4.69, 9.17) is 0 Å². The van der Waals surface area contributed by atoms with Crippen LogP contribution in [0.5, 0.6) is 0 Å². The lowest BCUT2D eigenvalue weighted by atomic mass is 10.2. The van der Waals surface area contributed by atoms with Crippen LogP contribution in [0.2, 0.25) is 0 Å². The zero-order chi connectivity index (χ0) is 14.4. The molecule has 4 rings (SSSR count). The summed E-state index contributed by atoms with van der Waals surface area (Å²) in [7, 11) is 0. The van der Waals surface area contributed by atoms with Crippen molar-refractivity contribution in [2.75, 3.05) is 0 Å². The second-order valence-corrected chi connectivity index (χ2v) is 5.55. The van der Waals surface area contributed by atoms with Gasteiger partial charge in [0, 0.05) is 18.0 Å². The van der Waals surface area contributed by atoms with Crippen molar-refractivity contribution in [1.29, 1.82) is 0 Å². The number of rotatable bonds is 1. The first-order valence-corrected chi connectivity index (χ1v) is 7.00. The van der Waals surface area contributed by atoms with Crippen molar-refractivity contribution < 1.29 is 0 Å². The van der Waals surface area contributed by atoms with Crippen LogP contribution in [-0.2, 0) is 0 Å². The summed E-state index contributed by atoms with van der Waals surface area (Å²) < 4.78 is 1.32. The molecule has 0 atom stereocenters. The molecule has 2 N–H and O–H groups in total. The maximum atomic E-state index is 11.8. The first-order chi connectivity index (χ1) is 10.2. The Labute approximate surface area is 145 Å². The second kappa shape index (κ2) is 6.49. The Morgan fingerprint density at radius 3 is 2.61 bits per heavy atom. The van der Waals surface area contributed by atoms with Gasteiger partial charge in [-0.2, -0.15) is 0 Å². The highest BCUT2D eigenvalue weighted by Gasteiger charge is 2.12. The lowest BCUT2D eigenvalue weighted by molar-refractivity contribution is 1.09. The fourth-order valence-corrected chi connectivity index (χ4v) is 3.23. The molecule has 0 saturated heterocycles. The molecular formula is C14H10Cl2N4O2S. The highest BCUT2D eigenvalue weighted by Crippen LogP contribution is 2.30. The third-order valence-electron chi connectivity index (χ3n) is 3.16. The summed E-state index contributed by atoms with van der Waals surface area (Å²) >= 11 is 1.31. The lowest BCUT2D eigenvalue weighted by Gasteiger charge is -1.99. The number of pyridine rings is 2. The van der Waals surface area contributed by atoms with Crippen LogP contribution in [-0.4, -0.2) is 19.9 Å². The molecule has 0 bridgehead atoms. The maximum absolute atomic E-state index is 11.8. The molecule has 4 heterocycles. The van der Waals surface area contributed by atoms with Crippen LogP contribution in [0.3, 0.4) is 0 Å². The van der Waals surface area contributed by atoms with Crippen LogP contribution < -0.4 is 11.2 Å². The van der Waals surface area contributed by atoms with Gasteiger partial charge in [-0.05, 0) is 24.3 Å². The standard InChI is InChI=1S/C14H8N4O2S.2ClH/c19-13-12-11(17-14(20)18-13)10-9(21-12)4-3-8(16-10)7-2-1-5-15-6-7;;/h1-6H,(H2,17,18,19,20);2*1H. The quantitative estimate of drug-likeness (QED) is 0.540. The molecule has 0 aliphatic carbocycles. The van der Waals surface area contributed by atoms with Gasteiger partial charge in [-0.3, -0.25) is 14.8 Å². The van der Waals surface area contributed by atoms with Crippen molar-refractivity contribution >= 4 is 56.6 Å². The average molecular weight is 369 g/mol. The summed E-state index contributed by atoms with van der Waals surface area (Å²) in [4.78, 5) is 36.8. The van der Waals surface area contributed by atoms with E-state index >= 15 is 0 Å². The van der Waals surface area contributed by atoms with Gasteiger partial charge in [0.05, 0.1) is 15.9 Å². The number of thiophene rings is 1. The number of nitrogens with zero attached hydrogens (tertiary/aromatic N) is 2. The minimum absolute atomic E-state index is 0. The minimum Gasteiger partial charge on any atom is -0.304 e. The topological polar surface area (TPSA) is 91.5 Å². The molecule has 4 aromatic rings. The SMILES string of the molecule is Cl.Cl.O=c1[nH]c(=O)c2sc3ccc(-c4cccnc4)nc3c2[nH]1. The van der Waals surface area contributed by atoms with E-state index in [-0.39, 0.29) is 30.4 Å². The van der Waals surface area contributed by atoms with Crippen molar-refractivity contribution in [2.24, 2.45) is 0 Å². The Morgan fingerprint density at radius 2 is 1.87 bits per heavy atom. The number of H-pyrrole nitrogens is 2. The molecule has 0 saturated carbocycles. The van der Waals surface area contributed by atoms with Gasteiger partial charge < -0.3 is 4.98 Å². The molecular weight excluding hydrogens is 359 g/mol. The van der Waals surface area contributed by atoms with Crippen molar-refractivity contribution in [1.82, 2.24) is 19.9 Å². The molecule has 0 spiro atoms. The van der Waals surface area contributed by atoms with Gasteiger partial charge in [0.15, 0.2) is 0 Å². The molecule has 118 valence electrons. The van der Waals surface area contributed by atoms with Gasteiger partial charge in [-0.15, -0.1) is 36.2 Å². The largest absolute Gasteiger partial charge is 0.326 e. The van der Waals surface area contributed by atoms with E-state index in [0.29, 0.717) is 15.7 Å². The van der Waals surface area contributed by atoms with Gasteiger partial charge >= 0.3 is 5.69 Å². The van der Waals surface area contributed by atoms with Crippen molar-refractivity contribution in [3.05, 3.63) is 57.5 Å². The summed E-state index contributed by atoms with van der Waals surface area (Å²) in [5.74, 6) is 0. The molecule has 0 aliphatic heterocycles. The number of halogens is 2. The third-order valence-corrected chi connectivity index (χ3v) is 4.31.